The van der Waals surface area contributed by atoms with Crippen LogP contribution in [0.25, 0.3) is 0 Å². The number of aromatic nitrogens is 1. The number of carbonyl (C=O) groups is 2. The normalized spacial score (nSPS) is 12.7. The van der Waals surface area contributed by atoms with Crippen molar-refractivity contribution >= 4 is 11.9 Å². The summed E-state index contributed by atoms with van der Waals surface area (Å²) in [5.41, 5.74) is 0.0144. The average Bonchev–Trinajstić information content (AvgIpc) is 3.08. The van der Waals surface area contributed by atoms with Gasteiger partial charge < -0.3 is 24.8 Å². The standard InChI is InChI=1S/C17H15FN2O6/c18-10-3-1-9(2-4-10)6-20-12-8-26-7-11(12)15(23)14(17(20)25)16(24)19-5-13(21)22/h1-4,23H,5-8H2,(H,19,24)(H,21,22). The Hall–Kier alpha value is -3.20. The van der Waals surface area contributed by atoms with E-state index < -0.39 is 41.1 Å². The minimum Gasteiger partial charge on any atom is -0.506 e. The second-order valence-corrected chi connectivity index (χ2v) is 5.74. The Morgan fingerprint density at radius 3 is 2.58 bits per heavy atom. The van der Waals surface area contributed by atoms with Gasteiger partial charge in [0.25, 0.3) is 11.5 Å². The zero-order chi connectivity index (χ0) is 18.8. The van der Waals surface area contributed by atoms with Crippen molar-refractivity contribution in [3.63, 3.8) is 0 Å². The van der Waals surface area contributed by atoms with Crippen LogP contribution in [0.2, 0.25) is 0 Å². The molecule has 1 aliphatic rings. The van der Waals surface area contributed by atoms with Gasteiger partial charge in [-0.3, -0.25) is 14.4 Å². The second-order valence-electron chi connectivity index (χ2n) is 5.74. The number of hydrogen-bond donors (Lipinski definition) is 3. The summed E-state index contributed by atoms with van der Waals surface area (Å²) < 4.78 is 19.6. The Balaban J connectivity index is 2.06. The van der Waals surface area contributed by atoms with Crippen LogP contribution in [0.3, 0.4) is 0 Å². The monoisotopic (exact) mass is 362 g/mol. The molecule has 0 unspecified atom stereocenters. The fraction of sp³-hybridized carbons (Fsp3) is 0.235. The zero-order valence-corrected chi connectivity index (χ0v) is 13.5. The third kappa shape index (κ3) is 3.29. The summed E-state index contributed by atoms with van der Waals surface area (Å²) in [7, 11) is 0. The van der Waals surface area contributed by atoms with Crippen molar-refractivity contribution in [2.75, 3.05) is 6.54 Å². The largest absolute Gasteiger partial charge is 0.506 e. The lowest BCUT2D eigenvalue weighted by atomic mass is 10.1. The molecule has 3 N–H and O–H groups in total. The Morgan fingerprint density at radius 1 is 1.23 bits per heavy atom. The molecule has 1 aliphatic heterocycles. The van der Waals surface area contributed by atoms with E-state index in [2.05, 4.69) is 5.32 Å². The van der Waals surface area contributed by atoms with Gasteiger partial charge in [0.05, 0.1) is 25.5 Å². The highest BCUT2D eigenvalue weighted by molar-refractivity contribution is 5.98. The number of nitrogens with zero attached hydrogens (tertiary/aromatic N) is 1. The molecular weight excluding hydrogens is 347 g/mol. The zero-order valence-electron chi connectivity index (χ0n) is 13.5. The highest BCUT2D eigenvalue weighted by atomic mass is 19.1. The molecular formula is C17H15FN2O6. The molecule has 1 amide bonds. The molecule has 1 aromatic heterocycles. The molecule has 9 heteroatoms. The number of benzene rings is 1. The molecule has 0 saturated heterocycles. The van der Waals surface area contributed by atoms with Crippen molar-refractivity contribution in [1.29, 1.82) is 0 Å². The lowest BCUT2D eigenvalue weighted by Crippen LogP contribution is -2.37. The van der Waals surface area contributed by atoms with Gasteiger partial charge in [0, 0.05) is 5.56 Å². The van der Waals surface area contributed by atoms with E-state index in [0.29, 0.717) is 16.8 Å². The maximum atomic E-state index is 13.1. The SMILES string of the molecule is O=C(O)CNC(=O)c1c(O)c2c(n(Cc3ccc(F)cc3)c1=O)COC2. The summed E-state index contributed by atoms with van der Waals surface area (Å²) in [5.74, 6) is -3.21. The highest BCUT2D eigenvalue weighted by Crippen LogP contribution is 2.30. The molecule has 0 radical (unpaired) electrons. The number of carbonyl (C=O) groups excluding carboxylic acids is 1. The van der Waals surface area contributed by atoms with Gasteiger partial charge in [0.15, 0.2) is 0 Å². The van der Waals surface area contributed by atoms with Crippen LogP contribution < -0.4 is 10.9 Å². The predicted octanol–water partition coefficient (Wildman–Crippen LogP) is 0.586. The molecule has 3 rings (SSSR count). The number of aliphatic carboxylic acids is 1. The number of amides is 1. The summed E-state index contributed by atoms with van der Waals surface area (Å²) in [6.07, 6.45) is 0. The van der Waals surface area contributed by atoms with Gasteiger partial charge in [0.1, 0.15) is 23.7 Å². The number of carboxylic acids is 1. The number of ether oxygens (including phenoxy) is 1. The number of carboxylic acid groups (broad SMARTS) is 1. The molecule has 26 heavy (non-hydrogen) atoms. The third-order valence-corrected chi connectivity index (χ3v) is 4.02. The van der Waals surface area contributed by atoms with Crippen LogP contribution in [0.5, 0.6) is 5.75 Å². The van der Waals surface area contributed by atoms with Gasteiger partial charge >= 0.3 is 5.97 Å². The van der Waals surface area contributed by atoms with E-state index in [0.717, 1.165) is 0 Å². The van der Waals surface area contributed by atoms with E-state index in [-0.39, 0.29) is 19.8 Å². The number of halogens is 1. The molecule has 0 atom stereocenters. The molecule has 2 heterocycles. The Kier molecular flexibility index (Phi) is 4.72. The second kappa shape index (κ2) is 6.96. The van der Waals surface area contributed by atoms with E-state index in [1.54, 1.807) is 0 Å². The van der Waals surface area contributed by atoms with E-state index in [4.69, 9.17) is 9.84 Å². The smallest absolute Gasteiger partial charge is 0.322 e. The molecule has 0 aliphatic carbocycles. The minimum absolute atomic E-state index is 0.0179. The molecule has 0 spiro atoms. The topological polar surface area (TPSA) is 118 Å². The van der Waals surface area contributed by atoms with Crippen LogP contribution >= 0.6 is 0 Å². The lowest BCUT2D eigenvalue weighted by Gasteiger charge is -2.15. The maximum Gasteiger partial charge on any atom is 0.322 e. The fourth-order valence-electron chi connectivity index (χ4n) is 2.76. The minimum atomic E-state index is -1.28. The van der Waals surface area contributed by atoms with Crippen LogP contribution in [0.15, 0.2) is 29.1 Å². The first kappa shape index (κ1) is 17.6. The number of pyridine rings is 1. The predicted molar refractivity (Wildman–Crippen MR) is 86.3 cm³/mol. The molecule has 0 saturated carbocycles. The summed E-state index contributed by atoms with van der Waals surface area (Å²) in [6.45, 7) is -0.548. The highest BCUT2D eigenvalue weighted by Gasteiger charge is 2.29. The van der Waals surface area contributed by atoms with Crippen LogP contribution in [0.1, 0.15) is 27.2 Å². The van der Waals surface area contributed by atoms with Gasteiger partial charge in [-0.15, -0.1) is 0 Å². The van der Waals surface area contributed by atoms with Crippen molar-refractivity contribution in [1.82, 2.24) is 9.88 Å². The summed E-state index contributed by atoms with van der Waals surface area (Å²) in [4.78, 5) is 35.6. The Bertz CT molecular complexity index is 936. The van der Waals surface area contributed by atoms with Gasteiger partial charge in [-0.25, -0.2) is 4.39 Å². The quantitative estimate of drug-likeness (QED) is 0.716. The van der Waals surface area contributed by atoms with Gasteiger partial charge in [-0.05, 0) is 17.7 Å². The first-order valence-electron chi connectivity index (χ1n) is 7.68. The van der Waals surface area contributed by atoms with Gasteiger partial charge in [0.2, 0.25) is 0 Å². The molecule has 2 aromatic rings. The number of aromatic hydroxyl groups is 1. The summed E-state index contributed by atoms with van der Waals surface area (Å²) >= 11 is 0. The van der Waals surface area contributed by atoms with E-state index in [1.807, 2.05) is 0 Å². The van der Waals surface area contributed by atoms with Gasteiger partial charge in [-0.2, -0.15) is 0 Å². The summed E-state index contributed by atoms with van der Waals surface area (Å²) in [5, 5.41) is 21.0. The van der Waals surface area contributed by atoms with Crippen LogP contribution in [0.4, 0.5) is 4.39 Å². The van der Waals surface area contributed by atoms with Crippen LogP contribution in [0, 0.1) is 5.82 Å². The van der Waals surface area contributed by atoms with E-state index in [1.165, 1.54) is 28.8 Å². The van der Waals surface area contributed by atoms with Crippen molar-refractivity contribution in [3.05, 3.63) is 62.8 Å². The first-order chi connectivity index (χ1) is 12.4. The third-order valence-electron chi connectivity index (χ3n) is 4.02. The van der Waals surface area contributed by atoms with Gasteiger partial charge in [-0.1, -0.05) is 12.1 Å². The van der Waals surface area contributed by atoms with Crippen molar-refractivity contribution < 1.29 is 28.9 Å². The molecule has 0 bridgehead atoms. The van der Waals surface area contributed by atoms with E-state index >= 15 is 0 Å². The van der Waals surface area contributed by atoms with Crippen molar-refractivity contribution in [2.45, 2.75) is 19.8 Å². The number of hydrogen-bond acceptors (Lipinski definition) is 5. The Labute approximate surface area is 146 Å². The number of fused-ring (bicyclic) bond motifs is 1. The maximum absolute atomic E-state index is 13.1. The average molecular weight is 362 g/mol. The number of nitrogens with one attached hydrogen (secondary N) is 1. The fourth-order valence-corrected chi connectivity index (χ4v) is 2.76. The molecule has 0 fully saturated rings. The molecule has 136 valence electrons. The lowest BCUT2D eigenvalue weighted by molar-refractivity contribution is -0.135. The summed E-state index contributed by atoms with van der Waals surface area (Å²) in [6, 6.07) is 5.50. The molecule has 8 nitrogen and oxygen atoms in total. The van der Waals surface area contributed by atoms with Crippen LogP contribution in [-0.2, 0) is 29.3 Å². The number of rotatable bonds is 5. The van der Waals surface area contributed by atoms with Crippen molar-refractivity contribution in [3.8, 4) is 5.75 Å². The van der Waals surface area contributed by atoms with E-state index in [9.17, 15) is 23.9 Å². The Morgan fingerprint density at radius 2 is 1.92 bits per heavy atom. The van der Waals surface area contributed by atoms with Crippen molar-refractivity contribution in [2.24, 2.45) is 0 Å². The van der Waals surface area contributed by atoms with Crippen LogP contribution in [-0.4, -0.2) is 33.2 Å². The first-order valence-corrected chi connectivity index (χ1v) is 7.68. The molecule has 1 aromatic carbocycles.